The van der Waals surface area contributed by atoms with Gasteiger partial charge in [0.2, 0.25) is 0 Å². The molecule has 1 saturated carbocycles. The predicted octanol–water partition coefficient (Wildman–Crippen LogP) is 1.98. The molecule has 1 aromatic rings. The first-order chi connectivity index (χ1) is 8.56. The standard InChI is InChI=1S/C14H17NO3/c1-9-2-4-10(5-3-9)13(16)15-12-7-6-11(8-12)14(17)18/h2-5,11-12H,6-8H2,1H3,(H,15,16)(H,17,18)/t11-,12-/m1/s1. The number of hydrogen-bond donors (Lipinski definition) is 2. The van der Waals surface area contributed by atoms with E-state index in [2.05, 4.69) is 5.32 Å². The van der Waals surface area contributed by atoms with Crippen molar-refractivity contribution in [1.29, 1.82) is 0 Å². The Balaban J connectivity index is 1.92. The molecule has 96 valence electrons. The van der Waals surface area contributed by atoms with Gasteiger partial charge in [0.25, 0.3) is 5.91 Å². The van der Waals surface area contributed by atoms with Gasteiger partial charge in [-0.25, -0.2) is 0 Å². The summed E-state index contributed by atoms with van der Waals surface area (Å²) in [5.41, 5.74) is 1.73. The zero-order valence-electron chi connectivity index (χ0n) is 10.3. The number of carbonyl (C=O) groups is 2. The fraction of sp³-hybridized carbons (Fsp3) is 0.429. The van der Waals surface area contributed by atoms with E-state index in [4.69, 9.17) is 5.11 Å². The highest BCUT2D eigenvalue weighted by molar-refractivity contribution is 5.94. The van der Waals surface area contributed by atoms with Crippen LogP contribution in [0.1, 0.15) is 35.2 Å². The molecule has 1 fully saturated rings. The zero-order valence-corrected chi connectivity index (χ0v) is 10.3. The second-order valence-corrected chi connectivity index (χ2v) is 4.88. The molecule has 2 rings (SSSR count). The number of carboxylic acid groups (broad SMARTS) is 1. The van der Waals surface area contributed by atoms with Crippen LogP contribution in [0.2, 0.25) is 0 Å². The Kier molecular flexibility index (Phi) is 3.65. The third-order valence-electron chi connectivity index (χ3n) is 3.43. The molecule has 1 amide bonds. The second kappa shape index (κ2) is 5.21. The largest absolute Gasteiger partial charge is 0.481 e. The van der Waals surface area contributed by atoms with Crippen molar-refractivity contribution < 1.29 is 14.7 Å². The molecule has 0 aromatic heterocycles. The number of aliphatic carboxylic acids is 1. The summed E-state index contributed by atoms with van der Waals surface area (Å²) in [6, 6.07) is 7.34. The lowest BCUT2D eigenvalue weighted by Gasteiger charge is -2.12. The Hall–Kier alpha value is -1.84. The minimum atomic E-state index is -0.762. The van der Waals surface area contributed by atoms with E-state index in [0.29, 0.717) is 18.4 Å². The van der Waals surface area contributed by atoms with E-state index >= 15 is 0 Å². The van der Waals surface area contributed by atoms with E-state index < -0.39 is 5.97 Å². The monoisotopic (exact) mass is 247 g/mol. The lowest BCUT2D eigenvalue weighted by atomic mass is 10.1. The molecule has 0 unspecified atom stereocenters. The maximum Gasteiger partial charge on any atom is 0.306 e. The maximum absolute atomic E-state index is 11.9. The smallest absolute Gasteiger partial charge is 0.306 e. The molecule has 0 bridgehead atoms. The molecule has 0 aliphatic heterocycles. The number of hydrogen-bond acceptors (Lipinski definition) is 2. The van der Waals surface area contributed by atoms with Crippen LogP contribution in [0.25, 0.3) is 0 Å². The van der Waals surface area contributed by atoms with Crippen LogP contribution in [-0.4, -0.2) is 23.0 Å². The summed E-state index contributed by atoms with van der Waals surface area (Å²) in [4.78, 5) is 22.8. The van der Waals surface area contributed by atoms with Crippen molar-refractivity contribution >= 4 is 11.9 Å². The summed E-state index contributed by atoms with van der Waals surface area (Å²) in [5.74, 6) is -1.19. The average molecular weight is 247 g/mol. The number of benzene rings is 1. The summed E-state index contributed by atoms with van der Waals surface area (Å²) in [6.45, 7) is 1.97. The summed E-state index contributed by atoms with van der Waals surface area (Å²) in [7, 11) is 0. The molecule has 1 aliphatic carbocycles. The summed E-state index contributed by atoms with van der Waals surface area (Å²) in [5, 5.41) is 11.8. The van der Waals surface area contributed by atoms with Gasteiger partial charge in [0.05, 0.1) is 5.92 Å². The second-order valence-electron chi connectivity index (χ2n) is 4.88. The Bertz CT molecular complexity index is 453. The fourth-order valence-corrected chi connectivity index (χ4v) is 2.31. The molecular formula is C14H17NO3. The van der Waals surface area contributed by atoms with Crippen LogP contribution in [-0.2, 0) is 4.79 Å². The quantitative estimate of drug-likeness (QED) is 0.858. The first kappa shape index (κ1) is 12.6. The van der Waals surface area contributed by atoms with Crippen LogP contribution in [0.3, 0.4) is 0 Å². The molecule has 4 heteroatoms. The van der Waals surface area contributed by atoms with Crippen molar-refractivity contribution in [3.8, 4) is 0 Å². The number of amides is 1. The van der Waals surface area contributed by atoms with E-state index in [9.17, 15) is 9.59 Å². The molecule has 0 radical (unpaired) electrons. The third kappa shape index (κ3) is 2.88. The van der Waals surface area contributed by atoms with Gasteiger partial charge in [-0.15, -0.1) is 0 Å². The normalized spacial score (nSPS) is 22.7. The highest BCUT2D eigenvalue weighted by Crippen LogP contribution is 2.25. The molecule has 4 nitrogen and oxygen atoms in total. The van der Waals surface area contributed by atoms with E-state index in [1.165, 1.54) is 0 Å². The van der Waals surface area contributed by atoms with Gasteiger partial charge in [0.1, 0.15) is 0 Å². The fourth-order valence-electron chi connectivity index (χ4n) is 2.31. The van der Waals surface area contributed by atoms with Gasteiger partial charge < -0.3 is 10.4 Å². The van der Waals surface area contributed by atoms with Crippen LogP contribution in [0.4, 0.5) is 0 Å². The van der Waals surface area contributed by atoms with Crippen LogP contribution < -0.4 is 5.32 Å². The first-order valence-electron chi connectivity index (χ1n) is 6.16. The van der Waals surface area contributed by atoms with Gasteiger partial charge in [0, 0.05) is 11.6 Å². The highest BCUT2D eigenvalue weighted by atomic mass is 16.4. The van der Waals surface area contributed by atoms with Crippen molar-refractivity contribution in [2.75, 3.05) is 0 Å². The van der Waals surface area contributed by atoms with Gasteiger partial charge in [-0.1, -0.05) is 17.7 Å². The van der Waals surface area contributed by atoms with Crippen molar-refractivity contribution in [2.24, 2.45) is 5.92 Å². The molecule has 0 heterocycles. The van der Waals surface area contributed by atoms with Crippen molar-refractivity contribution in [2.45, 2.75) is 32.2 Å². The Morgan fingerprint density at radius 2 is 1.89 bits per heavy atom. The lowest BCUT2D eigenvalue weighted by molar-refractivity contribution is -0.141. The average Bonchev–Trinajstić information content (AvgIpc) is 2.78. The van der Waals surface area contributed by atoms with Crippen LogP contribution >= 0.6 is 0 Å². The van der Waals surface area contributed by atoms with E-state index in [0.717, 1.165) is 12.0 Å². The van der Waals surface area contributed by atoms with Crippen LogP contribution in [0.5, 0.6) is 0 Å². The van der Waals surface area contributed by atoms with Crippen LogP contribution in [0.15, 0.2) is 24.3 Å². The van der Waals surface area contributed by atoms with Gasteiger partial charge in [-0.05, 0) is 38.3 Å². The van der Waals surface area contributed by atoms with Gasteiger partial charge >= 0.3 is 5.97 Å². The first-order valence-corrected chi connectivity index (χ1v) is 6.16. The Labute approximate surface area is 106 Å². The molecule has 2 N–H and O–H groups in total. The van der Waals surface area contributed by atoms with Gasteiger partial charge in [-0.3, -0.25) is 9.59 Å². The maximum atomic E-state index is 11.9. The number of aryl methyl sites for hydroxylation is 1. The Morgan fingerprint density at radius 1 is 1.22 bits per heavy atom. The number of rotatable bonds is 3. The predicted molar refractivity (Wildman–Crippen MR) is 67.4 cm³/mol. The van der Waals surface area contributed by atoms with Gasteiger partial charge in [0.15, 0.2) is 0 Å². The lowest BCUT2D eigenvalue weighted by Crippen LogP contribution is -2.33. The molecular weight excluding hydrogens is 230 g/mol. The van der Waals surface area contributed by atoms with Crippen LogP contribution in [0, 0.1) is 12.8 Å². The molecule has 1 aromatic carbocycles. The summed E-state index contributed by atoms with van der Waals surface area (Å²) >= 11 is 0. The van der Waals surface area contributed by atoms with E-state index in [1.807, 2.05) is 19.1 Å². The minimum Gasteiger partial charge on any atom is -0.481 e. The third-order valence-corrected chi connectivity index (χ3v) is 3.43. The van der Waals surface area contributed by atoms with Gasteiger partial charge in [-0.2, -0.15) is 0 Å². The van der Waals surface area contributed by atoms with E-state index in [1.54, 1.807) is 12.1 Å². The molecule has 0 spiro atoms. The SMILES string of the molecule is Cc1ccc(C(=O)N[C@@H]2CC[C@@H](C(=O)O)C2)cc1. The molecule has 0 saturated heterocycles. The zero-order chi connectivity index (χ0) is 13.1. The van der Waals surface area contributed by atoms with E-state index in [-0.39, 0.29) is 17.9 Å². The van der Waals surface area contributed by atoms with Crippen molar-refractivity contribution in [3.05, 3.63) is 35.4 Å². The topological polar surface area (TPSA) is 66.4 Å². The Morgan fingerprint density at radius 3 is 2.44 bits per heavy atom. The van der Waals surface area contributed by atoms with Crippen molar-refractivity contribution in [3.63, 3.8) is 0 Å². The van der Waals surface area contributed by atoms with Crippen molar-refractivity contribution in [1.82, 2.24) is 5.32 Å². The highest BCUT2D eigenvalue weighted by Gasteiger charge is 2.30. The summed E-state index contributed by atoms with van der Waals surface area (Å²) in [6.07, 6.45) is 1.93. The molecule has 1 aliphatic rings. The molecule has 18 heavy (non-hydrogen) atoms. The summed E-state index contributed by atoms with van der Waals surface area (Å²) < 4.78 is 0. The number of carboxylic acids is 1. The minimum absolute atomic E-state index is 0.0140. The number of nitrogens with one attached hydrogen (secondary N) is 1. The number of carbonyl (C=O) groups excluding carboxylic acids is 1. The molecule has 2 atom stereocenters.